The van der Waals surface area contributed by atoms with Gasteiger partial charge < -0.3 is 10.0 Å². The van der Waals surface area contributed by atoms with E-state index in [0.29, 0.717) is 11.9 Å². The number of hydrogen-bond donors (Lipinski definition) is 1. The van der Waals surface area contributed by atoms with Crippen molar-refractivity contribution in [2.75, 3.05) is 31.1 Å². The Hall–Kier alpha value is -1.33. The Kier molecular flexibility index (Phi) is 4.83. The van der Waals surface area contributed by atoms with E-state index >= 15 is 0 Å². The van der Waals surface area contributed by atoms with Crippen LogP contribution in [-0.2, 0) is 0 Å². The van der Waals surface area contributed by atoms with Gasteiger partial charge in [-0.05, 0) is 31.6 Å². The molecule has 1 aliphatic heterocycles. The summed E-state index contributed by atoms with van der Waals surface area (Å²) in [6, 6.07) is 3.48. The highest BCUT2D eigenvalue weighted by molar-refractivity contribution is 6.29. The van der Waals surface area contributed by atoms with E-state index in [1.807, 2.05) is 0 Å². The molecule has 1 fully saturated rings. The Balaban J connectivity index is 2.15. The number of anilines is 1. The molecule has 0 radical (unpaired) electrons. The summed E-state index contributed by atoms with van der Waals surface area (Å²) in [7, 11) is 0. The first-order valence-electron chi connectivity index (χ1n) is 6.95. The second-order valence-electron chi connectivity index (χ2n) is 4.95. The van der Waals surface area contributed by atoms with Gasteiger partial charge in [-0.1, -0.05) is 25.4 Å². The Bertz CT molecular complexity index is 491. The number of aromatic nitrogens is 1. The fourth-order valence-electron chi connectivity index (χ4n) is 2.76. The number of halogens is 1. The van der Waals surface area contributed by atoms with Gasteiger partial charge in [0.05, 0.1) is 5.56 Å². The summed E-state index contributed by atoms with van der Waals surface area (Å²) in [4.78, 5) is 19.9. The number of carboxylic acid groups (broad SMARTS) is 1. The van der Waals surface area contributed by atoms with Crippen LogP contribution in [-0.4, -0.2) is 53.2 Å². The minimum atomic E-state index is -0.977. The molecule has 0 bridgehead atoms. The Morgan fingerprint density at radius 2 is 2.20 bits per heavy atom. The van der Waals surface area contributed by atoms with Gasteiger partial charge in [0.15, 0.2) is 0 Å². The highest BCUT2D eigenvalue weighted by Gasteiger charge is 2.27. The molecule has 0 aliphatic carbocycles. The molecule has 2 rings (SSSR count). The molecule has 0 saturated carbocycles. The summed E-state index contributed by atoms with van der Waals surface area (Å²) in [6.07, 6.45) is 1.07. The SMILES string of the molecule is CCN(CC)C1CCN(c2cc(C(=O)O)cc(Cl)n2)C1. The smallest absolute Gasteiger partial charge is 0.335 e. The molecule has 0 aromatic carbocycles. The summed E-state index contributed by atoms with van der Waals surface area (Å²) in [5.41, 5.74) is 0.186. The zero-order valence-electron chi connectivity index (χ0n) is 11.8. The molecule has 1 aromatic rings. The highest BCUT2D eigenvalue weighted by atomic mass is 35.5. The van der Waals surface area contributed by atoms with E-state index in [1.165, 1.54) is 6.07 Å². The fraction of sp³-hybridized carbons (Fsp3) is 0.571. The molecule has 2 heterocycles. The van der Waals surface area contributed by atoms with Crippen LogP contribution in [0.1, 0.15) is 30.6 Å². The molecule has 1 unspecified atom stereocenters. The molecule has 0 spiro atoms. The van der Waals surface area contributed by atoms with Crippen molar-refractivity contribution in [2.24, 2.45) is 0 Å². The topological polar surface area (TPSA) is 56.7 Å². The quantitative estimate of drug-likeness (QED) is 0.846. The molecule has 1 saturated heterocycles. The number of nitrogens with zero attached hydrogens (tertiary/aromatic N) is 3. The molecule has 1 N–H and O–H groups in total. The van der Waals surface area contributed by atoms with Gasteiger partial charge in [-0.2, -0.15) is 0 Å². The van der Waals surface area contributed by atoms with Gasteiger partial charge in [0.25, 0.3) is 0 Å². The lowest BCUT2D eigenvalue weighted by Gasteiger charge is -2.26. The molecule has 1 aliphatic rings. The van der Waals surface area contributed by atoms with Crippen LogP contribution < -0.4 is 4.90 Å². The van der Waals surface area contributed by atoms with Gasteiger partial charge in [-0.25, -0.2) is 9.78 Å². The van der Waals surface area contributed by atoms with Crippen LogP contribution in [0.5, 0.6) is 0 Å². The van der Waals surface area contributed by atoms with Gasteiger partial charge in [-0.3, -0.25) is 4.90 Å². The van der Waals surface area contributed by atoms with E-state index < -0.39 is 5.97 Å². The third-order valence-electron chi connectivity index (χ3n) is 3.84. The van der Waals surface area contributed by atoms with E-state index in [1.54, 1.807) is 6.07 Å². The highest BCUT2D eigenvalue weighted by Crippen LogP contribution is 2.24. The van der Waals surface area contributed by atoms with Crippen LogP contribution in [0, 0.1) is 0 Å². The lowest BCUT2D eigenvalue weighted by Crippen LogP contribution is -2.37. The Morgan fingerprint density at radius 1 is 1.50 bits per heavy atom. The number of likely N-dealkylation sites (N-methyl/N-ethyl adjacent to an activating group) is 1. The molecule has 5 nitrogen and oxygen atoms in total. The number of carbonyl (C=O) groups is 1. The van der Waals surface area contributed by atoms with Gasteiger partial charge in [0.1, 0.15) is 11.0 Å². The Labute approximate surface area is 124 Å². The van der Waals surface area contributed by atoms with E-state index in [0.717, 1.165) is 32.6 Å². The van der Waals surface area contributed by atoms with Crippen LogP contribution in [0.15, 0.2) is 12.1 Å². The average Bonchev–Trinajstić information content (AvgIpc) is 2.89. The van der Waals surface area contributed by atoms with Gasteiger partial charge in [0, 0.05) is 19.1 Å². The van der Waals surface area contributed by atoms with Crippen molar-refractivity contribution in [3.05, 3.63) is 22.8 Å². The van der Waals surface area contributed by atoms with Crippen molar-refractivity contribution < 1.29 is 9.90 Å². The molecule has 1 aromatic heterocycles. The van der Waals surface area contributed by atoms with E-state index in [9.17, 15) is 4.79 Å². The third kappa shape index (κ3) is 3.22. The first kappa shape index (κ1) is 15.1. The summed E-state index contributed by atoms with van der Waals surface area (Å²) in [5.74, 6) is -0.320. The van der Waals surface area contributed by atoms with Crippen molar-refractivity contribution in [3.8, 4) is 0 Å². The van der Waals surface area contributed by atoms with Crippen LogP contribution in [0.25, 0.3) is 0 Å². The summed E-state index contributed by atoms with van der Waals surface area (Å²) in [5, 5.41) is 9.31. The van der Waals surface area contributed by atoms with Crippen molar-refractivity contribution in [1.29, 1.82) is 0 Å². The van der Waals surface area contributed by atoms with Crippen LogP contribution >= 0.6 is 11.6 Å². The van der Waals surface area contributed by atoms with Gasteiger partial charge in [0.2, 0.25) is 0 Å². The molecule has 6 heteroatoms. The Morgan fingerprint density at radius 3 is 2.80 bits per heavy atom. The second-order valence-corrected chi connectivity index (χ2v) is 5.34. The largest absolute Gasteiger partial charge is 0.478 e. The standard InChI is InChI=1S/C14H20ClN3O2/c1-3-17(4-2)11-5-6-18(9-11)13-8-10(14(19)20)7-12(15)16-13/h7-8,11H,3-6,9H2,1-2H3,(H,19,20). The average molecular weight is 298 g/mol. The monoisotopic (exact) mass is 297 g/mol. The molecule has 20 heavy (non-hydrogen) atoms. The fourth-order valence-corrected chi connectivity index (χ4v) is 2.96. The summed E-state index contributed by atoms with van der Waals surface area (Å²) in [6.45, 7) is 8.12. The van der Waals surface area contributed by atoms with Crippen molar-refractivity contribution in [3.63, 3.8) is 0 Å². The summed E-state index contributed by atoms with van der Waals surface area (Å²) >= 11 is 5.91. The molecule has 0 amide bonds. The summed E-state index contributed by atoms with van der Waals surface area (Å²) < 4.78 is 0. The van der Waals surface area contributed by atoms with Crippen LogP contribution in [0.2, 0.25) is 5.15 Å². The first-order chi connectivity index (χ1) is 9.55. The van der Waals surface area contributed by atoms with Crippen LogP contribution in [0.4, 0.5) is 5.82 Å². The first-order valence-corrected chi connectivity index (χ1v) is 7.32. The minimum absolute atomic E-state index is 0.186. The normalized spacial score (nSPS) is 18.8. The predicted molar refractivity (Wildman–Crippen MR) is 79.7 cm³/mol. The number of carboxylic acids is 1. The molecular weight excluding hydrogens is 278 g/mol. The number of rotatable bonds is 5. The van der Waals surface area contributed by atoms with Crippen LogP contribution in [0.3, 0.4) is 0 Å². The van der Waals surface area contributed by atoms with E-state index in [-0.39, 0.29) is 10.7 Å². The van der Waals surface area contributed by atoms with E-state index in [4.69, 9.17) is 16.7 Å². The number of hydrogen-bond acceptors (Lipinski definition) is 4. The zero-order valence-corrected chi connectivity index (χ0v) is 12.6. The van der Waals surface area contributed by atoms with E-state index in [2.05, 4.69) is 28.6 Å². The maximum absolute atomic E-state index is 11.1. The maximum Gasteiger partial charge on any atom is 0.335 e. The minimum Gasteiger partial charge on any atom is -0.478 e. The molecule has 110 valence electrons. The van der Waals surface area contributed by atoms with Crippen molar-refractivity contribution in [1.82, 2.24) is 9.88 Å². The zero-order chi connectivity index (χ0) is 14.7. The lowest BCUT2D eigenvalue weighted by atomic mass is 10.2. The van der Waals surface area contributed by atoms with Crippen molar-refractivity contribution in [2.45, 2.75) is 26.3 Å². The maximum atomic E-state index is 11.1. The molecule has 1 atom stereocenters. The van der Waals surface area contributed by atoms with Crippen molar-refractivity contribution >= 4 is 23.4 Å². The number of pyridine rings is 1. The number of aromatic carboxylic acids is 1. The van der Waals surface area contributed by atoms with Gasteiger partial charge in [-0.15, -0.1) is 0 Å². The third-order valence-corrected chi connectivity index (χ3v) is 4.04. The lowest BCUT2D eigenvalue weighted by molar-refractivity contribution is 0.0697. The molecular formula is C14H20ClN3O2. The van der Waals surface area contributed by atoms with Gasteiger partial charge >= 0.3 is 5.97 Å². The predicted octanol–water partition coefficient (Wildman–Crippen LogP) is 2.35. The second kappa shape index (κ2) is 6.41.